The van der Waals surface area contributed by atoms with Crippen LogP contribution in [-0.2, 0) is 6.54 Å². The van der Waals surface area contributed by atoms with Crippen molar-refractivity contribution in [1.29, 1.82) is 5.26 Å². The molecule has 1 aromatic carbocycles. The number of nitrogens with one attached hydrogen (secondary N) is 1. The Kier molecular flexibility index (Phi) is 7.04. The molecule has 0 spiro atoms. The van der Waals surface area contributed by atoms with Crippen molar-refractivity contribution in [3.05, 3.63) is 28.2 Å². The molecular weight excluding hydrogens is 316 g/mol. The fourth-order valence-corrected chi connectivity index (χ4v) is 2.04. The number of rotatable bonds is 8. The molecule has 0 aliphatic rings. The van der Waals surface area contributed by atoms with Gasteiger partial charge in [0, 0.05) is 11.0 Å². The van der Waals surface area contributed by atoms with E-state index >= 15 is 0 Å². The van der Waals surface area contributed by atoms with Gasteiger partial charge in [-0.25, -0.2) is 0 Å². The van der Waals surface area contributed by atoms with E-state index in [1.807, 2.05) is 32.0 Å². The Morgan fingerprint density at radius 2 is 2.15 bits per heavy atom. The molecule has 0 aliphatic heterocycles. The van der Waals surface area contributed by atoms with E-state index < -0.39 is 0 Å². The van der Waals surface area contributed by atoms with Gasteiger partial charge in [0.15, 0.2) is 0 Å². The largest absolute Gasteiger partial charge is 0.494 e. The predicted molar refractivity (Wildman–Crippen MR) is 85.6 cm³/mol. The van der Waals surface area contributed by atoms with Crippen LogP contribution < -0.4 is 10.1 Å². The average molecular weight is 339 g/mol. The second-order valence-electron chi connectivity index (χ2n) is 5.52. The van der Waals surface area contributed by atoms with E-state index in [1.165, 1.54) is 5.56 Å². The highest BCUT2D eigenvalue weighted by Gasteiger charge is 2.16. The normalized spacial score (nSPS) is 11.2. The van der Waals surface area contributed by atoms with E-state index in [1.54, 1.807) is 0 Å². The minimum atomic E-state index is -0.332. The zero-order valence-corrected chi connectivity index (χ0v) is 14.1. The van der Waals surface area contributed by atoms with E-state index in [2.05, 4.69) is 34.2 Å². The summed E-state index contributed by atoms with van der Waals surface area (Å²) in [5, 5.41) is 12.4. The van der Waals surface area contributed by atoms with Crippen molar-refractivity contribution < 1.29 is 4.74 Å². The average Bonchev–Trinajstić information content (AvgIpc) is 2.42. The minimum Gasteiger partial charge on any atom is -0.494 e. The molecule has 0 saturated heterocycles. The van der Waals surface area contributed by atoms with Crippen LogP contribution in [0, 0.1) is 16.7 Å². The zero-order valence-electron chi connectivity index (χ0n) is 12.5. The van der Waals surface area contributed by atoms with Crippen molar-refractivity contribution in [2.75, 3.05) is 13.2 Å². The summed E-state index contributed by atoms with van der Waals surface area (Å²) in [6, 6.07) is 8.29. The number of hydrogen-bond donors (Lipinski definition) is 1. The summed E-state index contributed by atoms with van der Waals surface area (Å²) in [4.78, 5) is 0. The molecule has 0 saturated carbocycles. The molecule has 0 fully saturated rings. The second kappa shape index (κ2) is 8.28. The molecule has 110 valence electrons. The Morgan fingerprint density at radius 1 is 1.40 bits per heavy atom. The van der Waals surface area contributed by atoms with Gasteiger partial charge in [-0.15, -0.1) is 0 Å². The molecule has 0 aromatic heterocycles. The maximum absolute atomic E-state index is 8.97. The molecule has 0 aliphatic carbocycles. The molecule has 1 rings (SSSR count). The number of nitriles is 1. The third kappa shape index (κ3) is 5.94. The van der Waals surface area contributed by atoms with Gasteiger partial charge in [-0.05, 0) is 57.0 Å². The molecule has 3 nitrogen and oxygen atoms in total. The van der Waals surface area contributed by atoms with Crippen LogP contribution in [0.4, 0.5) is 0 Å². The van der Waals surface area contributed by atoms with Crippen molar-refractivity contribution >= 4 is 15.9 Å². The van der Waals surface area contributed by atoms with Gasteiger partial charge in [0.25, 0.3) is 0 Å². The Balaban J connectivity index is 2.55. The van der Waals surface area contributed by atoms with E-state index in [-0.39, 0.29) is 5.41 Å². The van der Waals surface area contributed by atoms with Crippen molar-refractivity contribution in [1.82, 2.24) is 5.32 Å². The SMILES string of the molecule is CCCNCc1cc(OCCC(C)(C)C#N)ccc1Br. The topological polar surface area (TPSA) is 45.0 Å². The van der Waals surface area contributed by atoms with E-state index in [0.29, 0.717) is 6.61 Å². The number of nitrogens with zero attached hydrogens (tertiary/aromatic N) is 1. The highest BCUT2D eigenvalue weighted by Crippen LogP contribution is 2.24. The summed E-state index contributed by atoms with van der Waals surface area (Å²) in [5.41, 5.74) is 0.858. The minimum absolute atomic E-state index is 0.332. The van der Waals surface area contributed by atoms with Gasteiger partial charge >= 0.3 is 0 Å². The highest BCUT2D eigenvalue weighted by molar-refractivity contribution is 9.10. The third-order valence-corrected chi connectivity index (χ3v) is 3.83. The van der Waals surface area contributed by atoms with Gasteiger partial charge in [-0.2, -0.15) is 5.26 Å². The summed E-state index contributed by atoms with van der Waals surface area (Å²) < 4.78 is 6.83. The van der Waals surface area contributed by atoms with Crippen LogP contribution in [0.3, 0.4) is 0 Å². The highest BCUT2D eigenvalue weighted by atomic mass is 79.9. The maximum Gasteiger partial charge on any atom is 0.119 e. The Bertz CT molecular complexity index is 466. The first-order valence-corrected chi connectivity index (χ1v) is 7.81. The van der Waals surface area contributed by atoms with Crippen LogP contribution in [0.5, 0.6) is 5.75 Å². The van der Waals surface area contributed by atoms with Crippen LogP contribution in [-0.4, -0.2) is 13.2 Å². The van der Waals surface area contributed by atoms with Crippen LogP contribution >= 0.6 is 15.9 Å². The molecular formula is C16H23BrN2O. The van der Waals surface area contributed by atoms with Crippen molar-refractivity contribution in [2.24, 2.45) is 5.41 Å². The summed E-state index contributed by atoms with van der Waals surface area (Å²) >= 11 is 3.56. The monoisotopic (exact) mass is 338 g/mol. The number of benzene rings is 1. The Hall–Kier alpha value is -1.05. The summed E-state index contributed by atoms with van der Waals surface area (Å²) in [6.07, 6.45) is 1.85. The maximum atomic E-state index is 8.97. The molecule has 0 radical (unpaired) electrons. The van der Waals surface area contributed by atoms with Gasteiger partial charge in [-0.3, -0.25) is 0 Å². The van der Waals surface area contributed by atoms with Crippen LogP contribution in [0.2, 0.25) is 0 Å². The molecule has 1 aromatic rings. The summed E-state index contributed by atoms with van der Waals surface area (Å²) in [5.74, 6) is 0.857. The smallest absolute Gasteiger partial charge is 0.119 e. The first kappa shape index (κ1) is 17.0. The van der Waals surface area contributed by atoms with E-state index in [0.717, 1.165) is 36.2 Å². The van der Waals surface area contributed by atoms with Gasteiger partial charge in [-0.1, -0.05) is 22.9 Å². The lowest BCUT2D eigenvalue weighted by molar-refractivity contribution is 0.264. The van der Waals surface area contributed by atoms with Crippen molar-refractivity contribution in [2.45, 2.75) is 40.2 Å². The molecule has 20 heavy (non-hydrogen) atoms. The lowest BCUT2D eigenvalue weighted by Crippen LogP contribution is -2.15. The Labute approximate surface area is 130 Å². The molecule has 0 amide bonds. The number of ether oxygens (including phenoxy) is 1. The third-order valence-electron chi connectivity index (χ3n) is 3.06. The fourth-order valence-electron chi connectivity index (χ4n) is 1.66. The summed E-state index contributed by atoms with van der Waals surface area (Å²) in [7, 11) is 0. The summed E-state index contributed by atoms with van der Waals surface area (Å²) in [6.45, 7) is 8.40. The lowest BCUT2D eigenvalue weighted by atomic mass is 9.92. The van der Waals surface area contributed by atoms with E-state index in [9.17, 15) is 0 Å². The molecule has 4 heteroatoms. The van der Waals surface area contributed by atoms with Gasteiger partial charge in [0.1, 0.15) is 5.75 Å². The van der Waals surface area contributed by atoms with Gasteiger partial charge < -0.3 is 10.1 Å². The molecule has 0 atom stereocenters. The first-order chi connectivity index (χ1) is 9.48. The van der Waals surface area contributed by atoms with Crippen molar-refractivity contribution in [3.8, 4) is 11.8 Å². The van der Waals surface area contributed by atoms with Crippen LogP contribution in [0.15, 0.2) is 22.7 Å². The first-order valence-electron chi connectivity index (χ1n) is 7.01. The lowest BCUT2D eigenvalue weighted by Gasteiger charge is -2.16. The van der Waals surface area contributed by atoms with E-state index in [4.69, 9.17) is 10.00 Å². The molecule has 0 bridgehead atoms. The second-order valence-corrected chi connectivity index (χ2v) is 6.38. The van der Waals surface area contributed by atoms with Gasteiger partial charge in [0.2, 0.25) is 0 Å². The van der Waals surface area contributed by atoms with Crippen LogP contribution in [0.1, 0.15) is 39.2 Å². The quantitative estimate of drug-likeness (QED) is 0.720. The Morgan fingerprint density at radius 3 is 2.80 bits per heavy atom. The van der Waals surface area contributed by atoms with Crippen molar-refractivity contribution in [3.63, 3.8) is 0 Å². The standard InChI is InChI=1S/C16H23BrN2O/c1-4-8-19-11-13-10-14(5-6-15(13)17)20-9-7-16(2,3)12-18/h5-6,10,19H,4,7-9,11H2,1-3H3. The molecule has 0 heterocycles. The molecule has 0 unspecified atom stereocenters. The van der Waals surface area contributed by atoms with Crippen LogP contribution in [0.25, 0.3) is 0 Å². The number of halogens is 1. The molecule has 1 N–H and O–H groups in total. The number of hydrogen-bond acceptors (Lipinski definition) is 3. The zero-order chi connectivity index (χ0) is 15.0. The fraction of sp³-hybridized carbons (Fsp3) is 0.562. The predicted octanol–water partition coefficient (Wildman–Crippen LogP) is 4.27. The van der Waals surface area contributed by atoms with Gasteiger partial charge in [0.05, 0.1) is 18.1 Å².